The predicted molar refractivity (Wildman–Crippen MR) is 75.3 cm³/mol. The molecule has 19 heavy (non-hydrogen) atoms. The molecule has 94 valence electrons. The number of hydrogen-bond acceptors (Lipinski definition) is 3. The first-order valence-electron chi connectivity index (χ1n) is 5.76. The highest BCUT2D eigenvalue weighted by Crippen LogP contribution is 2.30. The van der Waals surface area contributed by atoms with Crippen LogP contribution in [0, 0.1) is 12.3 Å². The average Bonchev–Trinajstić information content (AvgIpc) is 2.41. The molecule has 2 rings (SSSR count). The SMILES string of the molecule is C#Cc1ccccc1Oc1ccc(C(C)=O)cc1N. The number of carbonyl (C=O) groups is 1. The Balaban J connectivity index is 2.34. The first-order chi connectivity index (χ1) is 9.11. The van der Waals surface area contributed by atoms with Crippen molar-refractivity contribution in [3.05, 3.63) is 53.6 Å². The quantitative estimate of drug-likeness (QED) is 0.517. The maximum Gasteiger partial charge on any atom is 0.159 e. The van der Waals surface area contributed by atoms with E-state index in [1.54, 1.807) is 30.3 Å². The summed E-state index contributed by atoms with van der Waals surface area (Å²) in [6.07, 6.45) is 5.40. The molecule has 0 aromatic heterocycles. The Morgan fingerprint density at radius 3 is 2.58 bits per heavy atom. The molecular formula is C16H13NO2. The number of ether oxygens (including phenoxy) is 1. The lowest BCUT2D eigenvalue weighted by atomic mass is 10.1. The van der Waals surface area contributed by atoms with E-state index in [-0.39, 0.29) is 5.78 Å². The van der Waals surface area contributed by atoms with Gasteiger partial charge in [0.25, 0.3) is 0 Å². The minimum absolute atomic E-state index is 0.0396. The summed E-state index contributed by atoms with van der Waals surface area (Å²) in [5.74, 6) is 3.55. The summed E-state index contributed by atoms with van der Waals surface area (Å²) >= 11 is 0. The lowest BCUT2D eigenvalue weighted by Crippen LogP contribution is -1.98. The molecule has 2 aromatic rings. The fourth-order valence-corrected chi connectivity index (χ4v) is 1.65. The van der Waals surface area contributed by atoms with Gasteiger partial charge >= 0.3 is 0 Å². The smallest absolute Gasteiger partial charge is 0.159 e. The highest BCUT2D eigenvalue weighted by atomic mass is 16.5. The number of hydrogen-bond donors (Lipinski definition) is 1. The van der Waals surface area contributed by atoms with Crippen molar-refractivity contribution in [1.82, 2.24) is 0 Å². The monoisotopic (exact) mass is 251 g/mol. The van der Waals surface area contributed by atoms with Crippen LogP contribution < -0.4 is 10.5 Å². The molecule has 0 amide bonds. The molecule has 0 bridgehead atoms. The van der Waals surface area contributed by atoms with Gasteiger partial charge in [-0.2, -0.15) is 0 Å². The van der Waals surface area contributed by atoms with Gasteiger partial charge in [-0.3, -0.25) is 4.79 Å². The van der Waals surface area contributed by atoms with Crippen molar-refractivity contribution in [2.45, 2.75) is 6.92 Å². The van der Waals surface area contributed by atoms with E-state index in [2.05, 4.69) is 5.92 Å². The van der Waals surface area contributed by atoms with Crippen LogP contribution in [0.4, 0.5) is 5.69 Å². The summed E-state index contributed by atoms with van der Waals surface area (Å²) in [5.41, 5.74) is 7.47. The van der Waals surface area contributed by atoms with Crippen LogP contribution >= 0.6 is 0 Å². The number of nitrogen functional groups attached to an aromatic ring is 1. The molecule has 0 fully saturated rings. The maximum atomic E-state index is 11.2. The first kappa shape index (κ1) is 12.7. The van der Waals surface area contributed by atoms with Crippen LogP contribution in [0.25, 0.3) is 0 Å². The number of para-hydroxylation sites is 1. The van der Waals surface area contributed by atoms with Crippen LogP contribution in [0.5, 0.6) is 11.5 Å². The topological polar surface area (TPSA) is 52.3 Å². The number of benzene rings is 2. The Labute approximate surface area is 112 Å². The number of ketones is 1. The molecule has 0 aliphatic carbocycles. The molecule has 0 aliphatic heterocycles. The van der Waals surface area contributed by atoms with Gasteiger partial charge in [0.2, 0.25) is 0 Å². The van der Waals surface area contributed by atoms with Crippen molar-refractivity contribution < 1.29 is 9.53 Å². The van der Waals surface area contributed by atoms with Gasteiger partial charge in [-0.25, -0.2) is 0 Å². The summed E-state index contributed by atoms with van der Waals surface area (Å²) in [5, 5.41) is 0. The van der Waals surface area contributed by atoms with Crippen molar-refractivity contribution in [2.75, 3.05) is 5.73 Å². The third kappa shape index (κ3) is 2.75. The van der Waals surface area contributed by atoms with Gasteiger partial charge in [0.15, 0.2) is 5.78 Å². The summed E-state index contributed by atoms with van der Waals surface area (Å²) in [4.78, 5) is 11.2. The second-order valence-electron chi connectivity index (χ2n) is 4.05. The molecule has 2 N–H and O–H groups in total. The van der Waals surface area contributed by atoms with Crippen molar-refractivity contribution in [2.24, 2.45) is 0 Å². The standard InChI is InChI=1S/C16H13NO2/c1-3-12-6-4-5-7-15(12)19-16-9-8-13(11(2)18)10-14(16)17/h1,4-10H,17H2,2H3. The number of nitrogens with two attached hydrogens (primary N) is 1. The van der Waals surface area contributed by atoms with Crippen LogP contribution in [-0.2, 0) is 0 Å². The zero-order valence-electron chi connectivity index (χ0n) is 10.5. The Morgan fingerprint density at radius 1 is 1.21 bits per heavy atom. The van der Waals surface area contributed by atoms with Crippen molar-refractivity contribution in [3.8, 4) is 23.8 Å². The van der Waals surface area contributed by atoms with E-state index in [1.807, 2.05) is 12.1 Å². The summed E-state index contributed by atoms with van der Waals surface area (Å²) in [6, 6.07) is 12.2. The zero-order chi connectivity index (χ0) is 13.8. The molecule has 0 saturated heterocycles. The van der Waals surface area contributed by atoms with Crippen molar-refractivity contribution in [3.63, 3.8) is 0 Å². The van der Waals surface area contributed by atoms with Crippen molar-refractivity contribution in [1.29, 1.82) is 0 Å². The highest BCUT2D eigenvalue weighted by molar-refractivity contribution is 5.95. The second-order valence-corrected chi connectivity index (χ2v) is 4.05. The molecule has 0 aliphatic rings. The third-order valence-electron chi connectivity index (χ3n) is 2.68. The largest absolute Gasteiger partial charge is 0.454 e. The van der Waals surface area contributed by atoms with Gasteiger partial charge in [0.05, 0.1) is 11.3 Å². The fourth-order valence-electron chi connectivity index (χ4n) is 1.65. The van der Waals surface area contributed by atoms with Crippen LogP contribution in [-0.4, -0.2) is 5.78 Å². The Kier molecular flexibility index (Phi) is 3.53. The van der Waals surface area contributed by atoms with E-state index >= 15 is 0 Å². The Bertz CT molecular complexity index is 669. The number of carbonyl (C=O) groups excluding carboxylic acids is 1. The van der Waals surface area contributed by atoms with Gasteiger partial charge < -0.3 is 10.5 Å². The van der Waals surface area contributed by atoms with E-state index in [4.69, 9.17) is 16.9 Å². The molecule has 0 unspecified atom stereocenters. The molecule has 0 heterocycles. The fraction of sp³-hybridized carbons (Fsp3) is 0.0625. The molecule has 3 heteroatoms. The molecule has 2 aromatic carbocycles. The van der Waals surface area contributed by atoms with Gasteiger partial charge in [-0.15, -0.1) is 6.42 Å². The number of anilines is 1. The summed E-state index contributed by atoms with van der Waals surface area (Å²) in [6.45, 7) is 1.49. The van der Waals surface area contributed by atoms with Crippen LogP contribution in [0.15, 0.2) is 42.5 Å². The molecular weight excluding hydrogens is 238 g/mol. The lowest BCUT2D eigenvalue weighted by Gasteiger charge is -2.10. The zero-order valence-corrected chi connectivity index (χ0v) is 10.5. The molecule has 3 nitrogen and oxygen atoms in total. The number of Topliss-reactive ketones (excluding diaryl/α,β-unsaturated/α-hetero) is 1. The van der Waals surface area contributed by atoms with E-state index in [0.717, 1.165) is 0 Å². The van der Waals surface area contributed by atoms with Gasteiger partial charge in [0, 0.05) is 5.56 Å². The molecule has 0 saturated carbocycles. The van der Waals surface area contributed by atoms with E-state index < -0.39 is 0 Å². The lowest BCUT2D eigenvalue weighted by molar-refractivity contribution is 0.101. The van der Waals surface area contributed by atoms with Crippen LogP contribution in [0.3, 0.4) is 0 Å². The maximum absolute atomic E-state index is 11.2. The normalized spacial score (nSPS) is 9.68. The number of rotatable bonds is 3. The highest BCUT2D eigenvalue weighted by Gasteiger charge is 2.08. The van der Waals surface area contributed by atoms with Crippen LogP contribution in [0.1, 0.15) is 22.8 Å². The van der Waals surface area contributed by atoms with E-state index in [1.165, 1.54) is 6.92 Å². The minimum Gasteiger partial charge on any atom is -0.454 e. The Morgan fingerprint density at radius 2 is 1.95 bits per heavy atom. The van der Waals surface area contributed by atoms with Gasteiger partial charge in [-0.1, -0.05) is 18.1 Å². The second kappa shape index (κ2) is 5.28. The third-order valence-corrected chi connectivity index (χ3v) is 2.68. The molecule has 0 radical (unpaired) electrons. The van der Waals surface area contributed by atoms with E-state index in [0.29, 0.717) is 28.3 Å². The van der Waals surface area contributed by atoms with Gasteiger partial charge in [0.1, 0.15) is 11.5 Å². The predicted octanol–water partition coefficient (Wildman–Crippen LogP) is 3.25. The van der Waals surface area contributed by atoms with Gasteiger partial charge in [-0.05, 0) is 37.3 Å². The van der Waals surface area contributed by atoms with E-state index in [9.17, 15) is 4.79 Å². The molecule has 0 spiro atoms. The van der Waals surface area contributed by atoms with Crippen molar-refractivity contribution >= 4 is 11.5 Å². The molecule has 0 atom stereocenters. The number of terminal acetylenes is 1. The average molecular weight is 251 g/mol. The van der Waals surface area contributed by atoms with Crippen LogP contribution in [0.2, 0.25) is 0 Å². The summed E-state index contributed by atoms with van der Waals surface area (Å²) in [7, 11) is 0. The summed E-state index contributed by atoms with van der Waals surface area (Å²) < 4.78 is 5.69. The Hall–Kier alpha value is -2.73. The minimum atomic E-state index is -0.0396. The first-order valence-corrected chi connectivity index (χ1v) is 5.76.